The van der Waals surface area contributed by atoms with Gasteiger partial charge in [0.1, 0.15) is 56.4 Å². The van der Waals surface area contributed by atoms with E-state index in [2.05, 4.69) is 80.2 Å². The number of fused-ring (bicyclic) bond motifs is 4. The van der Waals surface area contributed by atoms with E-state index in [1.807, 2.05) is 79.8 Å². The third kappa shape index (κ3) is 27.2. The largest absolute Gasteiger partial charge is 0.497 e. The summed E-state index contributed by atoms with van der Waals surface area (Å²) in [7, 11) is 4.86. The molecule has 4 N–H and O–H groups in total. The molecule has 712 valence electrons. The van der Waals surface area contributed by atoms with Crippen LogP contribution in [0.1, 0.15) is 111 Å². The number of rotatable bonds is 16. The number of benzene rings is 4. The molecule has 4 aliphatic rings. The maximum absolute atomic E-state index is 13.6. The van der Waals surface area contributed by atoms with E-state index in [-0.39, 0.29) is 34.6 Å². The molecule has 0 radical (unpaired) electrons. The minimum atomic E-state index is -5.08. The summed E-state index contributed by atoms with van der Waals surface area (Å²) in [6, 6.07) is 36.1. The first kappa shape index (κ1) is 103. The summed E-state index contributed by atoms with van der Waals surface area (Å²) >= 11 is 0. The number of carbonyl (C=O) groups excluding carboxylic acids is 1. The van der Waals surface area contributed by atoms with Crippen molar-refractivity contribution >= 4 is 97.6 Å². The highest BCUT2D eigenvalue weighted by atomic mass is 19.4. The standard InChI is InChI=1S/C26H27N5O3.C24H22N6O.C15H21N5O.C14H17N5O.4C2HF3O2/c1-34-21-12-8-11-20(15-21)23(32)18-31-25(33)24-22(16-27-31)28-26(29-13-6-3-7-14-29)30(24)17-19-9-4-2-5-10-19;25-15-19-10-7-11-20(14-19)30-23(31)22-21(16-26-30)27-24(28-12-5-2-6-13-28)29(22)17-18-8-3-1-4-9-18;1-3-4-10-20-13-12(11-16-18(2)14(13)21)17-15(20)19-8-6-5-7-9-19;1-3-7-19-12-11(10-15-17(2)13(12)20)16-14(19)18-8-5-4-6-9-18;4*3-2(4,5)1(6)7/h2,4-5,8-12,15-16H,3,6-7,13-14,17-18H2,1H3;1,3-4,7-11,14,16H,2,5-6,12-13,17H2;3-4,11H,5-10H2,1-2H3;1,10H,4-9H2,2H3;4*(H,6,7). The highest BCUT2D eigenvalue weighted by Crippen LogP contribution is 2.31. The molecule has 4 aromatic carbocycles. The number of hydrogen-bond donors (Lipinski definition) is 4. The van der Waals surface area contributed by atoms with E-state index < -0.39 is 48.6 Å². The summed E-state index contributed by atoms with van der Waals surface area (Å²) in [6.07, 6.45) is 9.76. The molecule has 12 heterocycles. The van der Waals surface area contributed by atoms with Gasteiger partial charge in [-0.25, -0.2) is 53.2 Å². The number of alkyl halides is 12. The van der Waals surface area contributed by atoms with Gasteiger partial charge in [0.05, 0.1) is 68.9 Å². The Hall–Kier alpha value is -15.2. The Kier molecular flexibility index (Phi) is 35.6. The van der Waals surface area contributed by atoms with Crippen LogP contribution in [0.5, 0.6) is 5.75 Å². The number of imidazole rings is 4. The van der Waals surface area contributed by atoms with E-state index in [9.17, 15) is 81.9 Å². The molecule has 134 heavy (non-hydrogen) atoms. The fraction of sp³-hybridized carbons (Fsp3) is 0.379. The zero-order valence-electron chi connectivity index (χ0n) is 72.4. The number of methoxy groups -OCH3 is 1. The minimum Gasteiger partial charge on any atom is -0.497 e. The van der Waals surface area contributed by atoms with Crippen molar-refractivity contribution in [2.45, 2.75) is 141 Å². The predicted octanol–water partition coefficient (Wildman–Crippen LogP) is 12.0. The van der Waals surface area contributed by atoms with Crippen LogP contribution in [0, 0.1) is 23.7 Å². The normalized spacial score (nSPS) is 14.0. The maximum Gasteiger partial charge on any atom is 0.490 e. The lowest BCUT2D eigenvalue weighted by molar-refractivity contribution is -0.193. The van der Waals surface area contributed by atoms with Gasteiger partial charge in [0.15, 0.2) is 5.78 Å². The number of carboxylic acids is 4. The van der Waals surface area contributed by atoms with E-state index >= 15 is 0 Å². The van der Waals surface area contributed by atoms with Crippen molar-refractivity contribution < 1.29 is 102 Å². The number of terminal acetylenes is 1. The van der Waals surface area contributed by atoms with Crippen LogP contribution in [0.3, 0.4) is 0 Å². The van der Waals surface area contributed by atoms with Crippen molar-refractivity contribution in [3.63, 3.8) is 0 Å². The number of carbonyl (C=O) groups is 5. The van der Waals surface area contributed by atoms with Gasteiger partial charge in [0.2, 0.25) is 23.8 Å². The summed E-state index contributed by atoms with van der Waals surface area (Å²) in [5.74, 6) is -4.73. The number of Topliss-reactive ketones (excluding diaryl/α,β-unsaturated/α-hetero) is 1. The van der Waals surface area contributed by atoms with Crippen LogP contribution in [-0.2, 0) is 66.0 Å². The zero-order valence-corrected chi connectivity index (χ0v) is 72.4. The zero-order chi connectivity index (χ0) is 97.9. The molecule has 0 amide bonds. The lowest BCUT2D eigenvalue weighted by atomic mass is 10.1. The van der Waals surface area contributed by atoms with Crippen molar-refractivity contribution in [1.29, 1.82) is 5.26 Å². The quantitative estimate of drug-likeness (QED) is 0.0302. The average Bonchev–Trinajstić information content (AvgIpc) is 1.62. The highest BCUT2D eigenvalue weighted by Gasteiger charge is 2.41. The Balaban J connectivity index is 0.000000185. The molecule has 4 fully saturated rings. The van der Waals surface area contributed by atoms with Crippen molar-refractivity contribution in [3.05, 3.63) is 210 Å². The van der Waals surface area contributed by atoms with Crippen LogP contribution in [0.4, 0.5) is 76.5 Å². The summed E-state index contributed by atoms with van der Waals surface area (Å²) in [4.78, 5) is 128. The van der Waals surface area contributed by atoms with Crippen LogP contribution >= 0.6 is 0 Å². The molecule has 0 saturated carbocycles. The number of nitriles is 1. The molecule has 47 heteroatoms. The molecule has 0 bridgehead atoms. The first-order valence-corrected chi connectivity index (χ1v) is 41.4. The molecule has 8 aromatic heterocycles. The second kappa shape index (κ2) is 46.5. The third-order valence-electron chi connectivity index (χ3n) is 20.6. The lowest BCUT2D eigenvalue weighted by Crippen LogP contribution is -2.32. The fourth-order valence-corrected chi connectivity index (χ4v) is 14.2. The van der Waals surface area contributed by atoms with Gasteiger partial charge in [0, 0.05) is 78.6 Å². The average molecular weight is 1880 g/mol. The lowest BCUT2D eigenvalue weighted by Gasteiger charge is -2.28. The predicted molar refractivity (Wildman–Crippen MR) is 466 cm³/mol. The SMILES string of the molecule is C#CCn1c(N2CCCCC2)nc2cnn(C)c(=O)c21.CC=CCn1c(N2CCCCC2)nc2cnn(C)c(=O)c21.COc1cccc(C(=O)Cn2ncc3nc(N4CCCCC4)n(Cc4ccccc4)c3c2=O)c1.N#Cc1cccc(-n2ncc3nc(N4CCCCC4)n(Cc4ccccc4)c3c2=O)c1.O=C(O)C(F)(F)F.O=C(O)C(F)(F)F.O=C(O)C(F)(F)F.O=C(O)C(F)(F)F. The molecule has 0 spiro atoms. The Morgan fingerprint density at radius 3 is 1.17 bits per heavy atom. The molecule has 12 aromatic rings. The van der Waals surface area contributed by atoms with Crippen molar-refractivity contribution in [3.8, 4) is 29.8 Å². The number of allylic oxidation sites excluding steroid dienone is 2. The second-order valence-corrected chi connectivity index (χ2v) is 30.0. The molecule has 0 aliphatic carbocycles. The van der Waals surface area contributed by atoms with E-state index in [4.69, 9.17) is 60.7 Å². The van der Waals surface area contributed by atoms with Gasteiger partial charge in [0.25, 0.3) is 22.2 Å². The molecule has 0 atom stereocenters. The van der Waals surface area contributed by atoms with Crippen LogP contribution in [0.25, 0.3) is 49.8 Å². The number of aromatic nitrogens is 16. The van der Waals surface area contributed by atoms with Crippen LogP contribution < -0.4 is 46.6 Å². The number of carboxylic acid groups (broad SMARTS) is 4. The first-order valence-electron chi connectivity index (χ1n) is 41.4. The number of halogens is 12. The van der Waals surface area contributed by atoms with Crippen LogP contribution in [-0.4, -0.2) is 212 Å². The highest BCUT2D eigenvalue weighted by molar-refractivity contribution is 5.96. The second-order valence-electron chi connectivity index (χ2n) is 30.0. The number of aliphatic carboxylic acids is 4. The molecular formula is C87H91F12N21O14. The van der Waals surface area contributed by atoms with Gasteiger partial charge in [-0.2, -0.15) is 83.0 Å². The van der Waals surface area contributed by atoms with Crippen molar-refractivity contribution in [1.82, 2.24) is 77.3 Å². The number of anilines is 4. The van der Waals surface area contributed by atoms with E-state index in [0.29, 0.717) is 92.9 Å². The smallest absolute Gasteiger partial charge is 0.490 e. The molecular weight excluding hydrogens is 1790 g/mol. The summed E-state index contributed by atoms with van der Waals surface area (Å²) in [5, 5.41) is 54.5. The number of aryl methyl sites for hydroxylation is 2. The molecule has 0 unspecified atom stereocenters. The van der Waals surface area contributed by atoms with Crippen molar-refractivity contribution in [2.24, 2.45) is 14.1 Å². The Morgan fingerprint density at radius 1 is 0.448 bits per heavy atom. The number of nitrogens with zero attached hydrogens (tertiary/aromatic N) is 21. The molecule has 16 rings (SSSR count). The van der Waals surface area contributed by atoms with Crippen molar-refractivity contribution in [2.75, 3.05) is 79.1 Å². The van der Waals surface area contributed by atoms with E-state index in [1.165, 1.54) is 57.3 Å². The fourth-order valence-electron chi connectivity index (χ4n) is 14.2. The summed E-state index contributed by atoms with van der Waals surface area (Å²) in [6.45, 7) is 11.5. The minimum absolute atomic E-state index is 0.0900. The number of ether oxygens (including phenoxy) is 1. The Labute approximate surface area is 753 Å². The Morgan fingerprint density at radius 2 is 0.799 bits per heavy atom. The number of ketones is 1. The van der Waals surface area contributed by atoms with Gasteiger partial charge in [-0.1, -0.05) is 96.9 Å². The maximum atomic E-state index is 13.6. The monoisotopic (exact) mass is 1880 g/mol. The van der Waals surface area contributed by atoms with Crippen LogP contribution in [0.2, 0.25) is 0 Å². The summed E-state index contributed by atoms with van der Waals surface area (Å²) < 4.78 is 145. The Bertz CT molecular complexity index is 6370. The molecule has 4 aliphatic heterocycles. The van der Waals surface area contributed by atoms with Gasteiger partial charge in [-0.15, -0.1) is 6.42 Å². The van der Waals surface area contributed by atoms with Gasteiger partial charge in [-0.3, -0.25) is 28.5 Å². The third-order valence-corrected chi connectivity index (χ3v) is 20.6. The summed E-state index contributed by atoms with van der Waals surface area (Å²) in [5.41, 5.74) is 7.53. The van der Waals surface area contributed by atoms with Gasteiger partial charge in [-0.05, 0) is 125 Å². The van der Waals surface area contributed by atoms with E-state index in [1.54, 1.807) is 94.5 Å². The topological polar surface area (TPSA) is 423 Å². The van der Waals surface area contributed by atoms with E-state index in [0.717, 1.165) is 126 Å². The number of piperidine rings is 4. The van der Waals surface area contributed by atoms with Gasteiger partial charge >= 0.3 is 48.6 Å². The van der Waals surface area contributed by atoms with Gasteiger partial charge < -0.3 is 58.5 Å². The van der Waals surface area contributed by atoms with Crippen LogP contribution in [0.15, 0.2) is 165 Å². The number of hydrogen-bond acceptors (Lipinski definition) is 23. The molecule has 4 saturated heterocycles. The first-order chi connectivity index (χ1) is 63.6. The molecule has 35 nitrogen and oxygen atoms in total.